The van der Waals surface area contributed by atoms with Crippen molar-refractivity contribution < 1.29 is 4.79 Å². The fourth-order valence-corrected chi connectivity index (χ4v) is 3.80. The van der Waals surface area contributed by atoms with Gasteiger partial charge in [0.1, 0.15) is 0 Å². The number of imidazole rings is 1. The van der Waals surface area contributed by atoms with Crippen molar-refractivity contribution in [2.24, 2.45) is 0 Å². The lowest BCUT2D eigenvalue weighted by atomic mass is 10.1. The number of benzene rings is 2. The van der Waals surface area contributed by atoms with Crippen LogP contribution in [0.5, 0.6) is 0 Å². The molecule has 0 unspecified atom stereocenters. The van der Waals surface area contributed by atoms with Gasteiger partial charge >= 0.3 is 0 Å². The number of hydrogen-bond acceptors (Lipinski definition) is 3. The molecule has 0 radical (unpaired) electrons. The first-order valence-electron chi connectivity index (χ1n) is 10.2. The molecular formula is C23H27N5O. The fourth-order valence-electron chi connectivity index (χ4n) is 3.80. The van der Waals surface area contributed by atoms with Gasteiger partial charge in [-0.05, 0) is 36.9 Å². The largest absolute Gasteiger partial charge is 0.361 e. The molecule has 0 aliphatic carbocycles. The van der Waals surface area contributed by atoms with Gasteiger partial charge in [0.15, 0.2) is 0 Å². The van der Waals surface area contributed by atoms with E-state index in [1.165, 1.54) is 0 Å². The van der Waals surface area contributed by atoms with Crippen molar-refractivity contribution in [2.45, 2.75) is 26.8 Å². The van der Waals surface area contributed by atoms with Gasteiger partial charge in [-0.25, -0.2) is 4.98 Å². The standard InChI is InChI=1S/C23H27N5O/c1-3-27(4-2)13-14-28-21-12-8-7-11-20(21)25-23(28)26-22(29)15-17-16-24-19-10-6-5-9-18(17)19/h5-12,16,24H,3-4,13-15H2,1-2H3,(H,25,26,29). The number of anilines is 1. The number of rotatable bonds is 8. The minimum Gasteiger partial charge on any atom is -0.361 e. The van der Waals surface area contributed by atoms with Crippen molar-refractivity contribution in [2.75, 3.05) is 25.0 Å². The Labute approximate surface area is 170 Å². The predicted molar refractivity (Wildman–Crippen MR) is 118 cm³/mol. The number of fused-ring (bicyclic) bond motifs is 2. The molecule has 150 valence electrons. The van der Waals surface area contributed by atoms with E-state index in [0.717, 1.165) is 53.7 Å². The fraction of sp³-hybridized carbons (Fsp3) is 0.304. The molecule has 2 heterocycles. The maximum Gasteiger partial charge on any atom is 0.231 e. The molecule has 1 amide bonds. The summed E-state index contributed by atoms with van der Waals surface area (Å²) in [4.78, 5) is 23.1. The Hall–Kier alpha value is -3.12. The molecule has 2 aromatic heterocycles. The van der Waals surface area contributed by atoms with Gasteiger partial charge < -0.3 is 14.5 Å². The van der Waals surface area contributed by atoms with Gasteiger partial charge in [0.25, 0.3) is 0 Å². The summed E-state index contributed by atoms with van der Waals surface area (Å²) in [5, 5.41) is 4.12. The summed E-state index contributed by atoms with van der Waals surface area (Å²) < 4.78 is 2.11. The summed E-state index contributed by atoms with van der Waals surface area (Å²) in [5.41, 5.74) is 3.97. The molecule has 6 heteroatoms. The van der Waals surface area contributed by atoms with Crippen molar-refractivity contribution in [1.29, 1.82) is 0 Å². The summed E-state index contributed by atoms with van der Waals surface area (Å²) >= 11 is 0. The molecule has 4 rings (SSSR count). The Bertz CT molecular complexity index is 1120. The molecule has 0 atom stereocenters. The van der Waals surface area contributed by atoms with Crippen LogP contribution < -0.4 is 5.32 Å². The van der Waals surface area contributed by atoms with Crippen LogP contribution in [-0.4, -0.2) is 45.0 Å². The zero-order valence-corrected chi connectivity index (χ0v) is 17.0. The molecule has 4 aromatic rings. The number of likely N-dealkylation sites (N-methyl/N-ethyl adjacent to an activating group) is 1. The van der Waals surface area contributed by atoms with Crippen molar-refractivity contribution in [3.8, 4) is 0 Å². The van der Waals surface area contributed by atoms with Crippen molar-refractivity contribution >= 4 is 33.8 Å². The predicted octanol–water partition coefficient (Wildman–Crippen LogP) is 4.04. The van der Waals surface area contributed by atoms with Gasteiger partial charge in [0.05, 0.1) is 17.5 Å². The molecular weight excluding hydrogens is 362 g/mol. The number of nitrogens with one attached hydrogen (secondary N) is 2. The van der Waals surface area contributed by atoms with Gasteiger partial charge in [-0.1, -0.05) is 44.2 Å². The molecule has 29 heavy (non-hydrogen) atoms. The third-order valence-electron chi connectivity index (χ3n) is 5.47. The second kappa shape index (κ2) is 8.49. The second-order valence-electron chi connectivity index (χ2n) is 7.19. The molecule has 0 fully saturated rings. The Morgan fingerprint density at radius 2 is 1.86 bits per heavy atom. The molecule has 2 aromatic carbocycles. The number of aromatic amines is 1. The van der Waals surface area contributed by atoms with Crippen LogP contribution in [-0.2, 0) is 17.8 Å². The zero-order valence-electron chi connectivity index (χ0n) is 17.0. The first-order chi connectivity index (χ1) is 14.2. The number of H-pyrrole nitrogens is 1. The van der Waals surface area contributed by atoms with E-state index < -0.39 is 0 Å². The van der Waals surface area contributed by atoms with E-state index in [9.17, 15) is 4.79 Å². The SMILES string of the molecule is CCN(CC)CCn1c(NC(=O)Cc2c[nH]c3ccccc23)nc2ccccc21. The summed E-state index contributed by atoms with van der Waals surface area (Å²) in [6.45, 7) is 8.04. The summed E-state index contributed by atoms with van der Waals surface area (Å²) in [6.07, 6.45) is 2.22. The van der Waals surface area contributed by atoms with Gasteiger partial charge in [-0.3, -0.25) is 10.1 Å². The molecule has 0 saturated heterocycles. The highest BCUT2D eigenvalue weighted by molar-refractivity contribution is 5.96. The van der Waals surface area contributed by atoms with Crippen LogP contribution in [0.3, 0.4) is 0 Å². The van der Waals surface area contributed by atoms with E-state index >= 15 is 0 Å². The van der Waals surface area contributed by atoms with E-state index in [0.29, 0.717) is 12.4 Å². The quantitative estimate of drug-likeness (QED) is 0.478. The van der Waals surface area contributed by atoms with Gasteiger partial charge in [-0.15, -0.1) is 0 Å². The van der Waals surface area contributed by atoms with Crippen molar-refractivity contribution in [3.05, 3.63) is 60.3 Å². The van der Waals surface area contributed by atoms with Crippen LogP contribution in [0.4, 0.5) is 5.95 Å². The molecule has 0 bridgehead atoms. The molecule has 0 aliphatic rings. The number of aromatic nitrogens is 3. The number of amides is 1. The third kappa shape index (κ3) is 4.03. The van der Waals surface area contributed by atoms with Gasteiger partial charge in [0.2, 0.25) is 11.9 Å². The topological polar surface area (TPSA) is 65.9 Å². The average Bonchev–Trinajstić information content (AvgIpc) is 3.30. The number of hydrogen-bond donors (Lipinski definition) is 2. The van der Waals surface area contributed by atoms with Crippen molar-refractivity contribution in [1.82, 2.24) is 19.4 Å². The summed E-state index contributed by atoms with van der Waals surface area (Å²) in [5.74, 6) is 0.553. The van der Waals surface area contributed by atoms with Crippen LogP contribution in [0, 0.1) is 0 Å². The van der Waals surface area contributed by atoms with E-state index in [2.05, 4.69) is 44.7 Å². The van der Waals surface area contributed by atoms with Crippen LogP contribution in [0.15, 0.2) is 54.7 Å². The monoisotopic (exact) mass is 389 g/mol. The van der Waals surface area contributed by atoms with Gasteiger partial charge in [-0.2, -0.15) is 0 Å². The molecule has 0 saturated carbocycles. The maximum atomic E-state index is 12.8. The Morgan fingerprint density at radius 1 is 1.10 bits per heavy atom. The minimum atomic E-state index is -0.0610. The number of carbonyl (C=O) groups excluding carboxylic acids is 1. The molecule has 6 nitrogen and oxygen atoms in total. The molecule has 2 N–H and O–H groups in total. The van der Waals surface area contributed by atoms with Crippen LogP contribution in [0.1, 0.15) is 19.4 Å². The van der Waals surface area contributed by atoms with Crippen LogP contribution >= 0.6 is 0 Å². The van der Waals surface area contributed by atoms with E-state index in [1.54, 1.807) is 0 Å². The van der Waals surface area contributed by atoms with E-state index in [-0.39, 0.29) is 5.91 Å². The molecule has 0 aliphatic heterocycles. The summed E-state index contributed by atoms with van der Waals surface area (Å²) in [7, 11) is 0. The van der Waals surface area contributed by atoms with Crippen LogP contribution in [0.2, 0.25) is 0 Å². The first kappa shape index (κ1) is 19.2. The Morgan fingerprint density at radius 3 is 2.69 bits per heavy atom. The van der Waals surface area contributed by atoms with E-state index in [1.807, 2.05) is 48.7 Å². The number of para-hydroxylation sites is 3. The highest BCUT2D eigenvalue weighted by Gasteiger charge is 2.15. The normalized spacial score (nSPS) is 11.6. The minimum absolute atomic E-state index is 0.0610. The highest BCUT2D eigenvalue weighted by Crippen LogP contribution is 2.21. The lowest BCUT2D eigenvalue weighted by molar-refractivity contribution is -0.115. The Kier molecular flexibility index (Phi) is 5.62. The Balaban J connectivity index is 1.56. The number of nitrogens with zero attached hydrogens (tertiary/aromatic N) is 3. The highest BCUT2D eigenvalue weighted by atomic mass is 16.1. The van der Waals surface area contributed by atoms with Crippen molar-refractivity contribution in [3.63, 3.8) is 0 Å². The second-order valence-corrected chi connectivity index (χ2v) is 7.19. The third-order valence-corrected chi connectivity index (χ3v) is 5.47. The van der Waals surface area contributed by atoms with Crippen LogP contribution in [0.25, 0.3) is 21.9 Å². The lowest BCUT2D eigenvalue weighted by Crippen LogP contribution is -2.28. The smallest absolute Gasteiger partial charge is 0.231 e. The zero-order chi connectivity index (χ0) is 20.2. The first-order valence-corrected chi connectivity index (χ1v) is 10.2. The van der Waals surface area contributed by atoms with Gasteiger partial charge in [0, 0.05) is 30.2 Å². The maximum absolute atomic E-state index is 12.8. The number of carbonyl (C=O) groups is 1. The lowest BCUT2D eigenvalue weighted by Gasteiger charge is -2.19. The average molecular weight is 390 g/mol. The summed E-state index contributed by atoms with van der Waals surface area (Å²) in [6, 6.07) is 16.1. The van der Waals surface area contributed by atoms with E-state index in [4.69, 9.17) is 0 Å². The molecule has 0 spiro atoms.